The van der Waals surface area contributed by atoms with Gasteiger partial charge in [-0.05, 0) is 26.7 Å². The van der Waals surface area contributed by atoms with Crippen molar-refractivity contribution in [2.45, 2.75) is 96.4 Å². The Bertz CT molecular complexity index is 715. The van der Waals surface area contributed by atoms with E-state index in [1.807, 2.05) is 13.8 Å². The maximum absolute atomic E-state index is 14.1. The minimum Gasteiger partial charge on any atom is -0.479 e. The second-order valence-corrected chi connectivity index (χ2v) is 9.45. The topological polar surface area (TPSA) is 91.3 Å². The summed E-state index contributed by atoms with van der Waals surface area (Å²) in [5.74, 6) is -2.63. The Hall–Kier alpha value is -1.32. The van der Waals surface area contributed by atoms with E-state index in [9.17, 15) is 18.4 Å². The van der Waals surface area contributed by atoms with Crippen molar-refractivity contribution in [2.24, 2.45) is 10.8 Å². The summed E-state index contributed by atoms with van der Waals surface area (Å²) in [6, 6.07) is 0. The molecule has 0 spiro atoms. The molecule has 7 atom stereocenters. The zero-order chi connectivity index (χ0) is 22.0. The molecule has 0 bridgehead atoms. The van der Waals surface area contributed by atoms with Crippen LogP contribution < -0.4 is 0 Å². The van der Waals surface area contributed by atoms with E-state index >= 15 is 0 Å². The Morgan fingerprint density at radius 2 is 1.76 bits per heavy atom. The van der Waals surface area contributed by atoms with Crippen LogP contribution in [0, 0.1) is 10.8 Å². The maximum Gasteiger partial charge on any atom is 0.342 e. The molecule has 4 fully saturated rings. The van der Waals surface area contributed by atoms with E-state index in [0.717, 1.165) is 6.42 Å². The Kier molecular flexibility index (Phi) is 5.08. The highest BCUT2D eigenvalue weighted by molar-refractivity contribution is 5.83. The number of alkyl halides is 2. The number of carboxylic acids is 1. The number of carboxylic acid groups (broad SMARTS) is 1. The third kappa shape index (κ3) is 3.35. The molecule has 0 amide bonds. The predicted octanol–water partition coefficient (Wildman–Crippen LogP) is 3.14. The van der Waals surface area contributed by atoms with Gasteiger partial charge >= 0.3 is 11.9 Å². The van der Waals surface area contributed by atoms with Gasteiger partial charge in [-0.2, -0.15) is 0 Å². The molecular weight excluding hydrogens is 390 g/mol. The minimum absolute atomic E-state index is 0.000556. The molecule has 29 heavy (non-hydrogen) atoms. The van der Waals surface area contributed by atoms with Gasteiger partial charge in [-0.1, -0.05) is 20.8 Å². The Balaban J connectivity index is 0.000000166. The number of rotatable bonds is 4. The Morgan fingerprint density at radius 1 is 1.14 bits per heavy atom. The van der Waals surface area contributed by atoms with Gasteiger partial charge in [0.2, 0.25) is 12.0 Å². The van der Waals surface area contributed by atoms with Crippen LogP contribution in [0.4, 0.5) is 8.78 Å². The first-order chi connectivity index (χ1) is 13.2. The van der Waals surface area contributed by atoms with Crippen LogP contribution in [-0.2, 0) is 28.5 Å². The van der Waals surface area contributed by atoms with Gasteiger partial charge in [0, 0.05) is 24.2 Å². The average molecular weight is 420 g/mol. The van der Waals surface area contributed by atoms with Crippen molar-refractivity contribution in [1.29, 1.82) is 0 Å². The third-order valence-corrected chi connectivity index (χ3v) is 6.91. The summed E-state index contributed by atoms with van der Waals surface area (Å²) < 4.78 is 49.0. The lowest BCUT2D eigenvalue weighted by Crippen LogP contribution is -2.34. The SMILES string of the molecule is CC1(C)OC[C@H]([C@]2(C)C[C@]2(F)C(=O)O)O1.CC[C@H]1OC(OC(C)=O)[C@@]2(F)C[C@]12C. The molecule has 1 unspecified atom stereocenters. The van der Waals surface area contributed by atoms with E-state index in [4.69, 9.17) is 24.1 Å². The third-order valence-electron chi connectivity index (χ3n) is 6.91. The molecule has 1 N–H and O–H groups in total. The first kappa shape index (κ1) is 22.4. The zero-order valence-electron chi connectivity index (χ0n) is 17.7. The number of hydrogen-bond acceptors (Lipinski definition) is 6. The number of aliphatic carboxylic acids is 1. The minimum atomic E-state index is -2.15. The summed E-state index contributed by atoms with van der Waals surface area (Å²) in [4.78, 5) is 21.5. The highest BCUT2D eigenvalue weighted by Gasteiger charge is 2.80. The zero-order valence-corrected chi connectivity index (χ0v) is 17.7. The monoisotopic (exact) mass is 420 g/mol. The second-order valence-electron chi connectivity index (χ2n) is 9.45. The van der Waals surface area contributed by atoms with Gasteiger partial charge in [0.15, 0.2) is 11.5 Å². The van der Waals surface area contributed by atoms with Crippen molar-refractivity contribution in [3.63, 3.8) is 0 Å². The molecule has 9 heteroatoms. The molecular formula is C20H30F2O7. The van der Waals surface area contributed by atoms with Gasteiger partial charge in [-0.15, -0.1) is 0 Å². The Morgan fingerprint density at radius 3 is 2.14 bits per heavy atom. The first-order valence-corrected chi connectivity index (χ1v) is 9.91. The molecule has 2 saturated carbocycles. The fourth-order valence-electron chi connectivity index (χ4n) is 4.60. The summed E-state index contributed by atoms with van der Waals surface area (Å²) >= 11 is 0. The lowest BCUT2D eigenvalue weighted by atomic mass is 9.98. The normalized spacial score (nSPS) is 48.9. The molecule has 2 aliphatic heterocycles. The van der Waals surface area contributed by atoms with Crippen LogP contribution in [0.1, 0.15) is 60.8 Å². The highest BCUT2D eigenvalue weighted by atomic mass is 19.2. The molecule has 2 heterocycles. The molecule has 0 radical (unpaired) electrons. The summed E-state index contributed by atoms with van der Waals surface area (Å²) in [5.41, 5.74) is -4.99. The molecule has 0 aromatic carbocycles. The fourth-order valence-corrected chi connectivity index (χ4v) is 4.60. The van der Waals surface area contributed by atoms with Crippen molar-refractivity contribution in [3.8, 4) is 0 Å². The fraction of sp³-hybridized carbons (Fsp3) is 0.900. The van der Waals surface area contributed by atoms with Gasteiger partial charge in [0.25, 0.3) is 0 Å². The molecule has 0 aromatic rings. The largest absolute Gasteiger partial charge is 0.479 e. The predicted molar refractivity (Wildman–Crippen MR) is 96.4 cm³/mol. The molecule has 166 valence electrons. The summed E-state index contributed by atoms with van der Waals surface area (Å²) in [7, 11) is 0. The van der Waals surface area contributed by atoms with Gasteiger partial charge in [-0.3, -0.25) is 4.79 Å². The summed E-state index contributed by atoms with van der Waals surface area (Å²) in [5, 5.41) is 8.77. The number of hydrogen-bond donors (Lipinski definition) is 1. The van der Waals surface area contributed by atoms with Crippen LogP contribution in [0.2, 0.25) is 0 Å². The molecule has 0 aromatic heterocycles. The average Bonchev–Trinajstić information content (AvgIpc) is 3.25. The van der Waals surface area contributed by atoms with E-state index in [-0.39, 0.29) is 19.1 Å². The van der Waals surface area contributed by atoms with E-state index in [1.54, 1.807) is 20.8 Å². The van der Waals surface area contributed by atoms with Crippen molar-refractivity contribution in [1.82, 2.24) is 0 Å². The lowest BCUT2D eigenvalue weighted by Gasteiger charge is -2.22. The van der Waals surface area contributed by atoms with Crippen LogP contribution in [0.5, 0.6) is 0 Å². The molecule has 2 aliphatic carbocycles. The van der Waals surface area contributed by atoms with Crippen LogP contribution in [0.3, 0.4) is 0 Å². The number of carbonyl (C=O) groups is 2. The smallest absolute Gasteiger partial charge is 0.342 e. The second kappa shape index (κ2) is 6.59. The standard InChI is InChI=1S/C10H15FO4.C10H15FO3/c1-8(2)14-4-6(15-8)9(3)5-10(9,11)7(12)13;1-4-7-9(3)5-10(9,11)8(14-7)13-6(2)12/h6H,4-5H2,1-3H3,(H,12,13);7-8H,4-5H2,1-3H3/t6-,9+,10+;7-,8?,9-,10+/m11/s1. The number of carbonyl (C=O) groups excluding carboxylic acids is 1. The number of fused-ring (bicyclic) bond motifs is 1. The molecule has 4 aliphatic rings. The van der Waals surface area contributed by atoms with E-state index < -0.39 is 52.3 Å². The quantitative estimate of drug-likeness (QED) is 0.699. The number of ether oxygens (including phenoxy) is 4. The van der Waals surface area contributed by atoms with Crippen LogP contribution >= 0.6 is 0 Å². The van der Waals surface area contributed by atoms with E-state index in [1.165, 1.54) is 6.92 Å². The summed E-state index contributed by atoms with van der Waals surface area (Å²) in [6.45, 7) is 10.4. The van der Waals surface area contributed by atoms with Gasteiger partial charge in [-0.25, -0.2) is 13.6 Å². The maximum atomic E-state index is 14.1. The van der Waals surface area contributed by atoms with Crippen molar-refractivity contribution in [2.75, 3.05) is 6.61 Å². The number of esters is 1. The Labute approximate surface area is 169 Å². The van der Waals surface area contributed by atoms with Gasteiger partial charge in [0.1, 0.15) is 0 Å². The van der Waals surface area contributed by atoms with Crippen molar-refractivity contribution in [3.05, 3.63) is 0 Å². The van der Waals surface area contributed by atoms with E-state index in [0.29, 0.717) is 6.42 Å². The highest BCUT2D eigenvalue weighted by Crippen LogP contribution is 2.69. The van der Waals surface area contributed by atoms with Crippen LogP contribution in [-0.4, -0.2) is 59.3 Å². The van der Waals surface area contributed by atoms with E-state index in [2.05, 4.69) is 0 Å². The van der Waals surface area contributed by atoms with Crippen molar-refractivity contribution >= 4 is 11.9 Å². The van der Waals surface area contributed by atoms with Crippen molar-refractivity contribution < 1.29 is 42.4 Å². The van der Waals surface area contributed by atoms with Crippen LogP contribution in [0.15, 0.2) is 0 Å². The molecule has 7 nitrogen and oxygen atoms in total. The molecule has 2 saturated heterocycles. The number of halogens is 2. The van der Waals surface area contributed by atoms with Gasteiger partial charge in [0.05, 0.1) is 18.8 Å². The van der Waals surface area contributed by atoms with Crippen LogP contribution in [0.25, 0.3) is 0 Å². The lowest BCUT2D eigenvalue weighted by molar-refractivity contribution is -0.191. The first-order valence-electron chi connectivity index (χ1n) is 9.91. The summed E-state index contributed by atoms with van der Waals surface area (Å²) in [6.07, 6.45) is -0.407. The van der Waals surface area contributed by atoms with Gasteiger partial charge < -0.3 is 24.1 Å². The molecule has 4 rings (SSSR count).